The van der Waals surface area contributed by atoms with Crippen LogP contribution in [0.5, 0.6) is 5.75 Å². The molecule has 0 spiro atoms. The third-order valence-corrected chi connectivity index (χ3v) is 2.55. The molecule has 0 aromatic heterocycles. The molecule has 92 valence electrons. The summed E-state index contributed by atoms with van der Waals surface area (Å²) in [7, 11) is 0. The zero-order valence-corrected chi connectivity index (χ0v) is 10.1. The molecule has 5 heteroatoms. The zero-order chi connectivity index (χ0) is 13.1. The molecule has 0 aliphatic rings. The van der Waals surface area contributed by atoms with Gasteiger partial charge in [0, 0.05) is 16.3 Å². The molecule has 0 heterocycles. The quantitative estimate of drug-likeness (QED) is 0.575. The van der Waals surface area contributed by atoms with E-state index in [1.165, 1.54) is 18.2 Å². The number of phenols is 1. The number of phenolic OH excluding ortho intramolecular Hbond substituents is 1. The number of amides is 1. The van der Waals surface area contributed by atoms with Gasteiger partial charge in [-0.05, 0) is 30.3 Å². The first-order valence-corrected chi connectivity index (χ1v) is 5.59. The van der Waals surface area contributed by atoms with E-state index in [-0.39, 0.29) is 11.7 Å². The summed E-state index contributed by atoms with van der Waals surface area (Å²) < 4.78 is 0. The Morgan fingerprint density at radius 3 is 2.61 bits per heavy atom. The molecule has 0 saturated carbocycles. The van der Waals surface area contributed by atoms with Gasteiger partial charge in [-0.1, -0.05) is 23.7 Å². The summed E-state index contributed by atoms with van der Waals surface area (Å²) in [6, 6.07) is 11.0. The van der Waals surface area contributed by atoms with E-state index in [0.717, 1.165) is 0 Å². The smallest absolute Gasteiger partial charge is 0.255 e. The number of carbonyl (C=O) groups excluding carboxylic acids is 1. The highest BCUT2D eigenvalue weighted by atomic mass is 35.5. The van der Waals surface area contributed by atoms with Crippen LogP contribution in [-0.4, -0.2) is 11.0 Å². The van der Waals surface area contributed by atoms with Crippen LogP contribution in [0.15, 0.2) is 42.5 Å². The normalized spacial score (nSPS) is 10.1. The third-order valence-electron chi connectivity index (χ3n) is 2.33. The fourth-order valence-corrected chi connectivity index (χ4v) is 1.76. The van der Waals surface area contributed by atoms with Crippen molar-refractivity contribution >= 4 is 28.9 Å². The molecule has 18 heavy (non-hydrogen) atoms. The van der Waals surface area contributed by atoms with Crippen LogP contribution in [0.2, 0.25) is 5.02 Å². The maximum absolute atomic E-state index is 11.9. The zero-order valence-electron chi connectivity index (χ0n) is 9.35. The van der Waals surface area contributed by atoms with Crippen LogP contribution >= 0.6 is 11.6 Å². The van der Waals surface area contributed by atoms with Gasteiger partial charge in [-0.3, -0.25) is 4.79 Å². The van der Waals surface area contributed by atoms with Crippen molar-refractivity contribution in [1.82, 2.24) is 0 Å². The number of anilines is 2. The van der Waals surface area contributed by atoms with E-state index in [1.54, 1.807) is 24.3 Å². The molecule has 0 radical (unpaired) electrons. The van der Waals surface area contributed by atoms with E-state index < -0.39 is 0 Å². The molecule has 0 aliphatic heterocycles. The largest absolute Gasteiger partial charge is 0.506 e. The summed E-state index contributed by atoms with van der Waals surface area (Å²) in [4.78, 5) is 11.9. The fourth-order valence-electron chi connectivity index (χ4n) is 1.52. The van der Waals surface area contributed by atoms with E-state index >= 15 is 0 Å². The average molecular weight is 263 g/mol. The molecule has 0 atom stereocenters. The minimum Gasteiger partial charge on any atom is -0.506 e. The van der Waals surface area contributed by atoms with E-state index in [1.807, 2.05) is 0 Å². The Hall–Kier alpha value is -2.20. The van der Waals surface area contributed by atoms with Gasteiger partial charge >= 0.3 is 0 Å². The number of benzene rings is 2. The molecule has 2 aromatic rings. The maximum atomic E-state index is 11.9. The number of halogens is 1. The Morgan fingerprint density at radius 1 is 1.22 bits per heavy atom. The number of carbonyl (C=O) groups is 1. The number of nitrogens with two attached hydrogens (primary N) is 1. The predicted octanol–water partition coefficient (Wildman–Crippen LogP) is 2.88. The Bertz CT molecular complexity index is 579. The van der Waals surface area contributed by atoms with Crippen LogP contribution in [0, 0.1) is 0 Å². The predicted molar refractivity (Wildman–Crippen MR) is 71.9 cm³/mol. The second kappa shape index (κ2) is 4.98. The average Bonchev–Trinajstić information content (AvgIpc) is 2.31. The summed E-state index contributed by atoms with van der Waals surface area (Å²) in [5.41, 5.74) is 6.68. The first-order chi connectivity index (χ1) is 8.56. The van der Waals surface area contributed by atoms with Crippen LogP contribution in [0.1, 0.15) is 10.4 Å². The summed E-state index contributed by atoms with van der Waals surface area (Å²) >= 11 is 5.82. The molecule has 0 bridgehead atoms. The first kappa shape index (κ1) is 12.3. The second-order valence-corrected chi connectivity index (χ2v) is 4.18. The summed E-state index contributed by atoms with van der Waals surface area (Å²) in [5, 5.41) is 12.5. The second-order valence-electron chi connectivity index (χ2n) is 3.74. The fraction of sp³-hybridized carbons (Fsp3) is 0. The minimum absolute atomic E-state index is 0.000787. The van der Waals surface area contributed by atoms with Gasteiger partial charge < -0.3 is 16.2 Å². The maximum Gasteiger partial charge on any atom is 0.255 e. The topological polar surface area (TPSA) is 75.4 Å². The lowest BCUT2D eigenvalue weighted by Crippen LogP contribution is -2.12. The number of rotatable bonds is 2. The SMILES string of the molecule is Nc1cc(Cl)cc(C(=O)Nc2ccccc2O)c1. The number of para-hydroxylation sites is 2. The lowest BCUT2D eigenvalue weighted by Gasteiger charge is -2.07. The molecule has 1 amide bonds. The van der Waals surface area contributed by atoms with E-state index in [4.69, 9.17) is 17.3 Å². The van der Waals surface area contributed by atoms with Gasteiger partial charge in [0.1, 0.15) is 5.75 Å². The van der Waals surface area contributed by atoms with Crippen LogP contribution < -0.4 is 11.1 Å². The standard InChI is InChI=1S/C13H11ClN2O2/c14-9-5-8(6-10(15)7-9)13(18)16-11-3-1-2-4-12(11)17/h1-7,17H,15H2,(H,16,18). The molecule has 0 unspecified atom stereocenters. The Labute approximate surface area is 109 Å². The number of nitrogens with one attached hydrogen (secondary N) is 1. The van der Waals surface area contributed by atoms with Crippen molar-refractivity contribution in [3.05, 3.63) is 53.1 Å². The Balaban J connectivity index is 2.25. The van der Waals surface area contributed by atoms with Gasteiger partial charge in [0.25, 0.3) is 5.91 Å². The van der Waals surface area contributed by atoms with Crippen molar-refractivity contribution in [2.24, 2.45) is 0 Å². The van der Waals surface area contributed by atoms with Gasteiger partial charge in [-0.15, -0.1) is 0 Å². The monoisotopic (exact) mass is 262 g/mol. The molecule has 0 fully saturated rings. The summed E-state index contributed by atoms with van der Waals surface area (Å²) in [6.45, 7) is 0. The highest BCUT2D eigenvalue weighted by molar-refractivity contribution is 6.31. The van der Waals surface area contributed by atoms with Crippen LogP contribution in [0.4, 0.5) is 11.4 Å². The molecule has 4 N–H and O–H groups in total. The van der Waals surface area contributed by atoms with E-state index in [0.29, 0.717) is 22.0 Å². The first-order valence-electron chi connectivity index (χ1n) is 5.21. The number of nitrogen functional groups attached to an aromatic ring is 1. The summed E-state index contributed by atoms with van der Waals surface area (Å²) in [6.07, 6.45) is 0. The van der Waals surface area contributed by atoms with Gasteiger partial charge in [-0.2, -0.15) is 0 Å². The van der Waals surface area contributed by atoms with Crippen molar-refractivity contribution < 1.29 is 9.90 Å². The van der Waals surface area contributed by atoms with E-state index in [2.05, 4.69) is 5.32 Å². The lowest BCUT2D eigenvalue weighted by molar-refractivity contribution is 0.102. The number of aromatic hydroxyl groups is 1. The van der Waals surface area contributed by atoms with Crippen molar-refractivity contribution in [3.8, 4) is 5.75 Å². The van der Waals surface area contributed by atoms with Gasteiger partial charge in [0.2, 0.25) is 0 Å². The van der Waals surface area contributed by atoms with Crippen LogP contribution in [0.3, 0.4) is 0 Å². The Kier molecular flexibility index (Phi) is 3.39. The highest BCUT2D eigenvalue weighted by Gasteiger charge is 2.09. The van der Waals surface area contributed by atoms with Crippen molar-refractivity contribution in [3.63, 3.8) is 0 Å². The van der Waals surface area contributed by atoms with Crippen molar-refractivity contribution in [2.75, 3.05) is 11.1 Å². The molecular weight excluding hydrogens is 252 g/mol. The van der Waals surface area contributed by atoms with Crippen LogP contribution in [0.25, 0.3) is 0 Å². The highest BCUT2D eigenvalue weighted by Crippen LogP contribution is 2.23. The Morgan fingerprint density at radius 2 is 1.94 bits per heavy atom. The molecular formula is C13H11ClN2O2. The third kappa shape index (κ3) is 2.73. The van der Waals surface area contributed by atoms with Gasteiger partial charge in [-0.25, -0.2) is 0 Å². The minimum atomic E-state index is -0.384. The molecule has 2 aromatic carbocycles. The van der Waals surface area contributed by atoms with Crippen LogP contribution in [-0.2, 0) is 0 Å². The molecule has 0 saturated heterocycles. The van der Waals surface area contributed by atoms with Crippen molar-refractivity contribution in [1.29, 1.82) is 0 Å². The lowest BCUT2D eigenvalue weighted by atomic mass is 10.2. The summed E-state index contributed by atoms with van der Waals surface area (Å²) in [5.74, 6) is -0.383. The van der Waals surface area contributed by atoms with Gasteiger partial charge in [0.05, 0.1) is 5.69 Å². The number of hydrogen-bond acceptors (Lipinski definition) is 3. The van der Waals surface area contributed by atoms with E-state index in [9.17, 15) is 9.90 Å². The molecule has 4 nitrogen and oxygen atoms in total. The van der Waals surface area contributed by atoms with Gasteiger partial charge in [0.15, 0.2) is 0 Å². The van der Waals surface area contributed by atoms with Crippen molar-refractivity contribution in [2.45, 2.75) is 0 Å². The number of hydrogen-bond donors (Lipinski definition) is 3. The molecule has 2 rings (SSSR count). The molecule has 0 aliphatic carbocycles.